The molecule has 1 N–H and O–H groups in total. The third-order valence-corrected chi connectivity index (χ3v) is 6.68. The summed E-state index contributed by atoms with van der Waals surface area (Å²) in [6.45, 7) is 1.89. The number of hydrogen-bond donors (Lipinski definition) is 1. The van der Waals surface area contributed by atoms with E-state index in [1.807, 2.05) is 18.2 Å². The fourth-order valence-corrected chi connectivity index (χ4v) is 5.13. The number of likely N-dealkylation sites (tertiary alicyclic amines) is 1. The number of halogens is 2. The second-order valence-corrected chi connectivity index (χ2v) is 7.97. The van der Waals surface area contributed by atoms with Crippen LogP contribution in [0.5, 0.6) is 0 Å². The van der Waals surface area contributed by atoms with Crippen LogP contribution >= 0.6 is 0 Å². The minimum Gasteiger partial charge on any atom is -0.344 e. The maximum Gasteiger partial charge on any atom is 0.267 e. The van der Waals surface area contributed by atoms with Crippen LogP contribution in [-0.4, -0.2) is 47.5 Å². The SMILES string of the molecule is O=C(c1c2n(c3ccccc13)CCC2)N1CCC2(CC1)CNCC2(F)F. The molecular weight excluding hydrogens is 336 g/mol. The topological polar surface area (TPSA) is 37.3 Å². The Kier molecular flexibility index (Phi) is 3.45. The smallest absolute Gasteiger partial charge is 0.267 e. The molecule has 3 aliphatic heterocycles. The van der Waals surface area contributed by atoms with E-state index in [1.165, 1.54) is 0 Å². The highest BCUT2D eigenvalue weighted by atomic mass is 19.3. The Morgan fingerprint density at radius 2 is 1.85 bits per heavy atom. The number of aromatic nitrogens is 1. The summed E-state index contributed by atoms with van der Waals surface area (Å²) in [6.07, 6.45) is 2.70. The molecule has 26 heavy (non-hydrogen) atoms. The van der Waals surface area contributed by atoms with Gasteiger partial charge in [-0.1, -0.05) is 18.2 Å². The van der Waals surface area contributed by atoms with Gasteiger partial charge in [0.25, 0.3) is 11.8 Å². The Bertz CT molecular complexity index is 881. The van der Waals surface area contributed by atoms with Crippen molar-refractivity contribution in [3.63, 3.8) is 0 Å². The first-order chi connectivity index (χ1) is 12.5. The molecule has 0 aliphatic carbocycles. The number of para-hydroxylation sites is 1. The maximum atomic E-state index is 14.3. The van der Waals surface area contributed by atoms with Crippen LogP contribution in [0.2, 0.25) is 0 Å². The number of amides is 1. The zero-order valence-electron chi connectivity index (χ0n) is 14.7. The highest BCUT2D eigenvalue weighted by molar-refractivity contribution is 6.08. The Hall–Kier alpha value is -1.95. The van der Waals surface area contributed by atoms with Crippen LogP contribution in [0, 0.1) is 5.41 Å². The lowest BCUT2D eigenvalue weighted by molar-refractivity contribution is -0.106. The third kappa shape index (κ3) is 2.11. The summed E-state index contributed by atoms with van der Waals surface area (Å²) in [7, 11) is 0. The van der Waals surface area contributed by atoms with Crippen molar-refractivity contribution in [2.45, 2.75) is 38.2 Å². The minimum absolute atomic E-state index is 0.0148. The number of piperidine rings is 1. The molecule has 0 bridgehead atoms. The largest absolute Gasteiger partial charge is 0.344 e. The number of aryl methyl sites for hydroxylation is 1. The molecule has 2 saturated heterocycles. The quantitative estimate of drug-likeness (QED) is 0.850. The first-order valence-corrected chi connectivity index (χ1v) is 9.50. The molecule has 1 spiro atoms. The van der Waals surface area contributed by atoms with E-state index in [2.05, 4.69) is 16.0 Å². The van der Waals surface area contributed by atoms with Crippen molar-refractivity contribution in [3.05, 3.63) is 35.5 Å². The van der Waals surface area contributed by atoms with E-state index in [0.717, 1.165) is 41.5 Å². The van der Waals surface area contributed by atoms with Gasteiger partial charge in [0.2, 0.25) is 0 Å². The first kappa shape index (κ1) is 16.2. The molecule has 2 fully saturated rings. The molecule has 1 aromatic heterocycles. The van der Waals surface area contributed by atoms with Crippen molar-refractivity contribution >= 4 is 16.8 Å². The van der Waals surface area contributed by atoms with E-state index in [-0.39, 0.29) is 12.5 Å². The van der Waals surface area contributed by atoms with Crippen LogP contribution < -0.4 is 5.32 Å². The van der Waals surface area contributed by atoms with Gasteiger partial charge in [0.1, 0.15) is 0 Å². The normalized spacial score (nSPS) is 23.7. The molecule has 4 nitrogen and oxygen atoms in total. The van der Waals surface area contributed by atoms with E-state index in [4.69, 9.17) is 0 Å². The summed E-state index contributed by atoms with van der Waals surface area (Å²) < 4.78 is 30.9. The first-order valence-electron chi connectivity index (χ1n) is 9.50. The van der Waals surface area contributed by atoms with Gasteiger partial charge in [0.15, 0.2) is 0 Å². The van der Waals surface area contributed by atoms with E-state index >= 15 is 0 Å². The molecule has 5 rings (SSSR count). The molecule has 0 radical (unpaired) electrons. The predicted octanol–water partition coefficient (Wildman–Crippen LogP) is 3.05. The number of hydrogen-bond acceptors (Lipinski definition) is 2. The van der Waals surface area contributed by atoms with Gasteiger partial charge in [-0.15, -0.1) is 0 Å². The summed E-state index contributed by atoms with van der Waals surface area (Å²) in [5.74, 6) is -2.66. The fraction of sp³-hybridized carbons (Fsp3) is 0.550. The molecule has 0 unspecified atom stereocenters. The number of nitrogens with one attached hydrogen (secondary N) is 1. The molecule has 4 heterocycles. The highest BCUT2D eigenvalue weighted by Crippen LogP contribution is 2.47. The molecule has 1 amide bonds. The van der Waals surface area contributed by atoms with Crippen molar-refractivity contribution in [2.24, 2.45) is 5.41 Å². The van der Waals surface area contributed by atoms with Crippen molar-refractivity contribution in [1.29, 1.82) is 0 Å². The second kappa shape index (κ2) is 5.52. The van der Waals surface area contributed by atoms with Crippen molar-refractivity contribution in [1.82, 2.24) is 14.8 Å². The third-order valence-electron chi connectivity index (χ3n) is 6.68. The average molecular weight is 359 g/mol. The molecule has 0 atom stereocenters. The Morgan fingerprint density at radius 3 is 2.58 bits per heavy atom. The zero-order chi connectivity index (χ0) is 17.9. The summed E-state index contributed by atoms with van der Waals surface area (Å²) >= 11 is 0. The summed E-state index contributed by atoms with van der Waals surface area (Å²) in [5.41, 5.74) is 2.05. The van der Waals surface area contributed by atoms with Gasteiger partial charge in [-0.3, -0.25) is 4.79 Å². The van der Waals surface area contributed by atoms with Crippen molar-refractivity contribution < 1.29 is 13.6 Å². The van der Waals surface area contributed by atoms with Gasteiger partial charge in [0.05, 0.1) is 17.5 Å². The molecule has 138 valence electrons. The number of nitrogens with zero attached hydrogens (tertiary/aromatic N) is 2. The van der Waals surface area contributed by atoms with Crippen molar-refractivity contribution in [2.75, 3.05) is 26.2 Å². The van der Waals surface area contributed by atoms with Gasteiger partial charge >= 0.3 is 0 Å². The van der Waals surface area contributed by atoms with Crippen LogP contribution in [0.25, 0.3) is 10.9 Å². The predicted molar refractivity (Wildman–Crippen MR) is 95.6 cm³/mol. The molecular formula is C20H23F2N3O. The number of benzene rings is 1. The van der Waals surface area contributed by atoms with E-state index in [1.54, 1.807) is 4.90 Å². The summed E-state index contributed by atoms with van der Waals surface area (Å²) in [5, 5.41) is 3.85. The maximum absolute atomic E-state index is 14.3. The van der Waals surface area contributed by atoms with Crippen LogP contribution in [0.1, 0.15) is 35.3 Å². The van der Waals surface area contributed by atoms with Gasteiger partial charge in [-0.25, -0.2) is 8.78 Å². The molecule has 2 aromatic rings. The van der Waals surface area contributed by atoms with Gasteiger partial charge in [-0.2, -0.15) is 0 Å². The van der Waals surface area contributed by atoms with E-state index in [0.29, 0.717) is 32.5 Å². The fourth-order valence-electron chi connectivity index (χ4n) is 5.13. The van der Waals surface area contributed by atoms with E-state index < -0.39 is 11.3 Å². The Morgan fingerprint density at radius 1 is 1.08 bits per heavy atom. The Labute approximate surface area is 151 Å². The molecule has 3 aliphatic rings. The lowest BCUT2D eigenvalue weighted by atomic mass is 9.75. The lowest BCUT2D eigenvalue weighted by Crippen LogP contribution is -2.50. The van der Waals surface area contributed by atoms with E-state index in [9.17, 15) is 13.6 Å². The van der Waals surface area contributed by atoms with Crippen LogP contribution in [0.15, 0.2) is 24.3 Å². The number of carbonyl (C=O) groups excluding carboxylic acids is 1. The summed E-state index contributed by atoms with van der Waals surface area (Å²) in [4.78, 5) is 15.1. The number of alkyl halides is 2. The standard InChI is InChI=1S/C20H23F2N3O/c21-20(22)13-23-12-19(20)7-10-24(11-8-19)18(26)17-14-4-1-2-5-15(14)25-9-3-6-16(17)25/h1-2,4-5,23H,3,6-13H2. The van der Waals surface area contributed by atoms with Crippen LogP contribution in [-0.2, 0) is 13.0 Å². The Balaban J connectivity index is 1.45. The average Bonchev–Trinajstić information content (AvgIpc) is 3.29. The van der Waals surface area contributed by atoms with Gasteiger partial charge < -0.3 is 14.8 Å². The number of rotatable bonds is 1. The van der Waals surface area contributed by atoms with Crippen LogP contribution in [0.4, 0.5) is 8.78 Å². The van der Waals surface area contributed by atoms with Crippen LogP contribution in [0.3, 0.4) is 0 Å². The number of carbonyl (C=O) groups is 1. The minimum atomic E-state index is -2.67. The molecule has 0 saturated carbocycles. The monoisotopic (exact) mass is 359 g/mol. The molecule has 1 aromatic carbocycles. The number of fused-ring (bicyclic) bond motifs is 3. The van der Waals surface area contributed by atoms with Crippen molar-refractivity contribution in [3.8, 4) is 0 Å². The zero-order valence-corrected chi connectivity index (χ0v) is 14.7. The van der Waals surface area contributed by atoms with Gasteiger partial charge in [-0.05, 0) is 31.7 Å². The lowest BCUT2D eigenvalue weighted by Gasteiger charge is -2.42. The second-order valence-electron chi connectivity index (χ2n) is 7.97. The highest BCUT2D eigenvalue weighted by Gasteiger charge is 2.58. The van der Waals surface area contributed by atoms with Gasteiger partial charge in [0, 0.05) is 42.8 Å². The molecule has 6 heteroatoms. The summed E-state index contributed by atoms with van der Waals surface area (Å²) in [6, 6.07) is 8.04.